The SMILES string of the molecule is CCOC(=O)c1cccc2[nH]c3c(c12)CCc1cn[nH]c1-3. The number of aromatic amines is 2. The third-order valence-corrected chi connectivity index (χ3v) is 4.04. The Bertz CT molecular complexity index is 844. The van der Waals surface area contributed by atoms with E-state index < -0.39 is 0 Å². The molecule has 5 heteroatoms. The lowest BCUT2D eigenvalue weighted by Gasteiger charge is -2.12. The fraction of sp³-hybridized carbons (Fsp3) is 0.250. The van der Waals surface area contributed by atoms with Crippen LogP contribution < -0.4 is 0 Å². The molecule has 1 aromatic carbocycles. The van der Waals surface area contributed by atoms with Crippen LogP contribution in [0.25, 0.3) is 22.3 Å². The van der Waals surface area contributed by atoms with Gasteiger partial charge < -0.3 is 9.72 Å². The average Bonchev–Trinajstić information content (AvgIpc) is 3.10. The number of hydrogen-bond donors (Lipinski definition) is 2. The molecule has 0 aliphatic heterocycles. The summed E-state index contributed by atoms with van der Waals surface area (Å²) in [5.41, 5.74) is 6.06. The molecular formula is C16H15N3O2. The summed E-state index contributed by atoms with van der Waals surface area (Å²) >= 11 is 0. The molecule has 0 radical (unpaired) electrons. The van der Waals surface area contributed by atoms with Crippen LogP contribution in [-0.2, 0) is 17.6 Å². The highest BCUT2D eigenvalue weighted by Crippen LogP contribution is 2.37. The molecule has 4 rings (SSSR count). The Morgan fingerprint density at radius 2 is 2.24 bits per heavy atom. The topological polar surface area (TPSA) is 70.8 Å². The Kier molecular flexibility index (Phi) is 2.60. The van der Waals surface area contributed by atoms with E-state index in [1.54, 1.807) is 0 Å². The Morgan fingerprint density at radius 1 is 1.33 bits per heavy atom. The maximum absolute atomic E-state index is 12.2. The highest BCUT2D eigenvalue weighted by atomic mass is 16.5. The number of nitrogens with zero attached hydrogens (tertiary/aromatic N) is 1. The van der Waals surface area contributed by atoms with Crippen LogP contribution in [0.3, 0.4) is 0 Å². The standard InChI is InChI=1S/C16H15N3O2/c1-2-21-16(20)11-4-3-5-12-13(11)10-7-6-9-8-17-19-14(9)15(10)18-12/h3-5,8,18H,2,6-7H2,1H3,(H,17,19). The lowest BCUT2D eigenvalue weighted by atomic mass is 9.92. The van der Waals surface area contributed by atoms with Gasteiger partial charge in [-0.3, -0.25) is 5.10 Å². The predicted molar refractivity (Wildman–Crippen MR) is 79.2 cm³/mol. The second-order valence-corrected chi connectivity index (χ2v) is 5.20. The zero-order chi connectivity index (χ0) is 14.4. The van der Waals surface area contributed by atoms with Gasteiger partial charge >= 0.3 is 5.97 Å². The average molecular weight is 281 g/mol. The molecule has 2 N–H and O–H groups in total. The number of nitrogens with one attached hydrogen (secondary N) is 2. The number of benzene rings is 1. The van der Waals surface area contributed by atoms with Gasteiger partial charge in [0.05, 0.1) is 29.8 Å². The molecule has 21 heavy (non-hydrogen) atoms. The first-order valence-electron chi connectivity index (χ1n) is 7.13. The van der Waals surface area contributed by atoms with Crippen molar-refractivity contribution in [3.63, 3.8) is 0 Å². The van der Waals surface area contributed by atoms with Gasteiger partial charge in [0, 0.05) is 10.9 Å². The molecular weight excluding hydrogens is 266 g/mol. The first-order chi connectivity index (χ1) is 10.3. The number of aryl methyl sites for hydroxylation is 2. The fourth-order valence-corrected chi connectivity index (χ4v) is 3.14. The van der Waals surface area contributed by atoms with E-state index in [0.29, 0.717) is 12.2 Å². The Hall–Kier alpha value is -2.56. The second-order valence-electron chi connectivity index (χ2n) is 5.20. The van der Waals surface area contributed by atoms with Gasteiger partial charge in [-0.25, -0.2) is 4.79 Å². The van der Waals surface area contributed by atoms with Crippen LogP contribution in [0.4, 0.5) is 0 Å². The number of H-pyrrole nitrogens is 2. The van der Waals surface area contributed by atoms with E-state index in [1.165, 1.54) is 11.1 Å². The molecule has 0 saturated heterocycles. The number of rotatable bonds is 2. The predicted octanol–water partition coefficient (Wildman–Crippen LogP) is 2.83. The van der Waals surface area contributed by atoms with E-state index in [2.05, 4.69) is 15.2 Å². The van der Waals surface area contributed by atoms with Crippen LogP contribution in [0, 0.1) is 0 Å². The van der Waals surface area contributed by atoms with Crippen molar-refractivity contribution >= 4 is 16.9 Å². The molecule has 2 aromatic heterocycles. The zero-order valence-corrected chi connectivity index (χ0v) is 11.7. The minimum atomic E-state index is -0.264. The summed E-state index contributed by atoms with van der Waals surface area (Å²) in [6.45, 7) is 2.20. The second kappa shape index (κ2) is 4.48. The first-order valence-corrected chi connectivity index (χ1v) is 7.13. The number of fused-ring (bicyclic) bond motifs is 5. The van der Waals surface area contributed by atoms with Gasteiger partial charge in [0.2, 0.25) is 0 Å². The number of esters is 1. The van der Waals surface area contributed by atoms with Crippen molar-refractivity contribution in [3.8, 4) is 11.4 Å². The summed E-state index contributed by atoms with van der Waals surface area (Å²) < 4.78 is 5.18. The van der Waals surface area contributed by atoms with Crippen LogP contribution in [0.2, 0.25) is 0 Å². The summed E-state index contributed by atoms with van der Waals surface area (Å²) in [5.74, 6) is -0.264. The molecule has 0 atom stereocenters. The van der Waals surface area contributed by atoms with Crippen LogP contribution in [-0.4, -0.2) is 27.8 Å². The van der Waals surface area contributed by atoms with Crippen molar-refractivity contribution in [2.45, 2.75) is 19.8 Å². The summed E-state index contributed by atoms with van der Waals surface area (Å²) in [4.78, 5) is 15.6. The Labute approximate surface area is 121 Å². The van der Waals surface area contributed by atoms with Crippen LogP contribution in [0.5, 0.6) is 0 Å². The Morgan fingerprint density at radius 3 is 3.10 bits per heavy atom. The van der Waals surface area contributed by atoms with Gasteiger partial charge in [0.1, 0.15) is 0 Å². The van der Waals surface area contributed by atoms with Crippen molar-refractivity contribution in [2.24, 2.45) is 0 Å². The van der Waals surface area contributed by atoms with E-state index in [-0.39, 0.29) is 5.97 Å². The van der Waals surface area contributed by atoms with E-state index in [9.17, 15) is 4.79 Å². The largest absolute Gasteiger partial charge is 0.462 e. The normalized spacial score (nSPS) is 13.0. The molecule has 1 aliphatic carbocycles. The van der Waals surface area contributed by atoms with E-state index in [4.69, 9.17) is 4.74 Å². The maximum Gasteiger partial charge on any atom is 0.338 e. The lowest BCUT2D eigenvalue weighted by Crippen LogP contribution is -2.07. The van der Waals surface area contributed by atoms with E-state index in [1.807, 2.05) is 31.3 Å². The van der Waals surface area contributed by atoms with Gasteiger partial charge in [0.25, 0.3) is 0 Å². The highest BCUT2D eigenvalue weighted by Gasteiger charge is 2.25. The number of carbonyl (C=O) groups is 1. The minimum Gasteiger partial charge on any atom is -0.462 e. The number of carbonyl (C=O) groups excluding carboxylic acids is 1. The van der Waals surface area contributed by atoms with E-state index in [0.717, 1.165) is 35.1 Å². The third-order valence-electron chi connectivity index (χ3n) is 4.04. The maximum atomic E-state index is 12.2. The molecule has 5 nitrogen and oxygen atoms in total. The van der Waals surface area contributed by atoms with Crippen LogP contribution >= 0.6 is 0 Å². The van der Waals surface area contributed by atoms with Crippen molar-refractivity contribution in [1.29, 1.82) is 0 Å². The van der Waals surface area contributed by atoms with Crippen molar-refractivity contribution in [3.05, 3.63) is 41.1 Å². The zero-order valence-electron chi connectivity index (χ0n) is 11.7. The monoisotopic (exact) mass is 281 g/mol. The molecule has 0 spiro atoms. The van der Waals surface area contributed by atoms with Gasteiger partial charge in [-0.1, -0.05) is 6.07 Å². The molecule has 0 saturated carbocycles. The van der Waals surface area contributed by atoms with Crippen LogP contribution in [0.1, 0.15) is 28.4 Å². The fourth-order valence-electron chi connectivity index (χ4n) is 3.14. The van der Waals surface area contributed by atoms with Crippen molar-refractivity contribution < 1.29 is 9.53 Å². The quantitative estimate of drug-likeness (QED) is 0.709. The van der Waals surface area contributed by atoms with Gasteiger partial charge in [-0.15, -0.1) is 0 Å². The van der Waals surface area contributed by atoms with Crippen molar-refractivity contribution in [1.82, 2.24) is 15.2 Å². The molecule has 3 aromatic rings. The van der Waals surface area contributed by atoms with Gasteiger partial charge in [-0.2, -0.15) is 5.10 Å². The lowest BCUT2D eigenvalue weighted by molar-refractivity contribution is 0.0528. The Balaban J connectivity index is 1.98. The smallest absolute Gasteiger partial charge is 0.338 e. The van der Waals surface area contributed by atoms with Crippen molar-refractivity contribution in [2.75, 3.05) is 6.61 Å². The van der Waals surface area contributed by atoms with Gasteiger partial charge in [0.15, 0.2) is 0 Å². The number of ether oxygens (including phenoxy) is 1. The summed E-state index contributed by atoms with van der Waals surface area (Å²) in [5, 5.41) is 8.15. The molecule has 106 valence electrons. The summed E-state index contributed by atoms with van der Waals surface area (Å²) in [6.07, 6.45) is 3.71. The van der Waals surface area contributed by atoms with Gasteiger partial charge in [-0.05, 0) is 43.0 Å². The number of hydrogen-bond acceptors (Lipinski definition) is 3. The highest BCUT2D eigenvalue weighted by molar-refractivity contribution is 6.07. The minimum absolute atomic E-state index is 0.264. The molecule has 2 heterocycles. The van der Waals surface area contributed by atoms with E-state index >= 15 is 0 Å². The molecule has 1 aliphatic rings. The van der Waals surface area contributed by atoms with Crippen LogP contribution in [0.15, 0.2) is 24.4 Å². The summed E-state index contributed by atoms with van der Waals surface area (Å²) in [7, 11) is 0. The number of aromatic nitrogens is 3. The molecule has 0 unspecified atom stereocenters. The molecule has 0 amide bonds. The summed E-state index contributed by atoms with van der Waals surface area (Å²) in [6, 6.07) is 5.70. The molecule has 0 bridgehead atoms. The third kappa shape index (κ3) is 1.70. The first kappa shape index (κ1) is 12.2. The molecule has 0 fully saturated rings.